The summed E-state index contributed by atoms with van der Waals surface area (Å²) in [6, 6.07) is 2.37. The number of rotatable bonds is 3. The third-order valence-electron chi connectivity index (χ3n) is 4.15. The smallest absolute Gasteiger partial charge is 0.182 e. The van der Waals surface area contributed by atoms with Gasteiger partial charge in [0.05, 0.1) is 11.0 Å². The van der Waals surface area contributed by atoms with Crippen molar-refractivity contribution in [3.8, 4) is 0 Å². The van der Waals surface area contributed by atoms with Gasteiger partial charge in [0.25, 0.3) is 0 Å². The van der Waals surface area contributed by atoms with Gasteiger partial charge in [0.1, 0.15) is 0 Å². The number of ketones is 1. The molecule has 0 saturated carbocycles. The lowest BCUT2D eigenvalue weighted by atomic mass is 9.93. The highest BCUT2D eigenvalue weighted by atomic mass is 35.5. The van der Waals surface area contributed by atoms with E-state index in [0.717, 1.165) is 36.4 Å². The maximum absolute atomic E-state index is 12.2. The Morgan fingerprint density at radius 1 is 1.50 bits per heavy atom. The van der Waals surface area contributed by atoms with Gasteiger partial charge in [-0.25, -0.2) is 0 Å². The lowest BCUT2D eigenvalue weighted by Gasteiger charge is -2.37. The summed E-state index contributed by atoms with van der Waals surface area (Å²) in [6.45, 7) is 10.8. The second kappa shape index (κ2) is 5.53. The number of ether oxygens (including phenoxy) is 1. The Bertz CT molecular complexity index is 517. The molecule has 1 aromatic rings. The summed E-state index contributed by atoms with van der Waals surface area (Å²) >= 11 is 5.95. The van der Waals surface area contributed by atoms with Gasteiger partial charge in [0, 0.05) is 29.6 Å². The zero-order chi connectivity index (χ0) is 15.1. The van der Waals surface area contributed by atoms with E-state index >= 15 is 0 Å². The molecule has 2 unspecified atom stereocenters. The number of alkyl halides is 1. The van der Waals surface area contributed by atoms with Gasteiger partial charge in [-0.3, -0.25) is 4.79 Å². The van der Waals surface area contributed by atoms with Gasteiger partial charge in [-0.1, -0.05) is 0 Å². The van der Waals surface area contributed by atoms with Crippen molar-refractivity contribution in [3.05, 3.63) is 23.0 Å². The van der Waals surface area contributed by atoms with Crippen LogP contribution < -0.4 is 0 Å². The molecule has 112 valence electrons. The van der Waals surface area contributed by atoms with Crippen molar-refractivity contribution < 1.29 is 9.53 Å². The van der Waals surface area contributed by atoms with Crippen LogP contribution in [0.25, 0.3) is 0 Å². The van der Waals surface area contributed by atoms with Crippen molar-refractivity contribution >= 4 is 17.4 Å². The molecule has 0 aromatic carbocycles. The average Bonchev–Trinajstić information content (AvgIpc) is 2.62. The van der Waals surface area contributed by atoms with Gasteiger partial charge in [-0.15, -0.1) is 11.6 Å². The molecule has 0 spiro atoms. The molecule has 0 bridgehead atoms. The summed E-state index contributed by atoms with van der Waals surface area (Å²) in [5, 5.41) is -0.477. The first-order chi connectivity index (χ1) is 9.23. The quantitative estimate of drug-likeness (QED) is 0.623. The van der Waals surface area contributed by atoms with Crippen LogP contribution in [0.5, 0.6) is 0 Å². The zero-order valence-electron chi connectivity index (χ0n) is 13.0. The van der Waals surface area contributed by atoms with E-state index in [2.05, 4.69) is 25.3 Å². The first-order valence-electron chi connectivity index (χ1n) is 7.23. The molecular formula is C16H24ClNO2. The minimum absolute atomic E-state index is 0.0114. The third kappa shape index (κ3) is 2.94. The van der Waals surface area contributed by atoms with E-state index in [1.54, 1.807) is 6.92 Å². The van der Waals surface area contributed by atoms with Crippen molar-refractivity contribution in [1.82, 2.24) is 4.57 Å². The lowest BCUT2D eigenvalue weighted by Crippen LogP contribution is -2.35. The van der Waals surface area contributed by atoms with Crippen LogP contribution in [0.3, 0.4) is 0 Å². The van der Waals surface area contributed by atoms with E-state index in [-0.39, 0.29) is 11.4 Å². The van der Waals surface area contributed by atoms with Crippen LogP contribution in [0.15, 0.2) is 6.07 Å². The van der Waals surface area contributed by atoms with E-state index in [0.29, 0.717) is 6.04 Å². The monoisotopic (exact) mass is 297 g/mol. The molecular weight excluding hydrogens is 274 g/mol. The summed E-state index contributed by atoms with van der Waals surface area (Å²) < 4.78 is 8.08. The second-order valence-electron chi connectivity index (χ2n) is 6.39. The zero-order valence-corrected chi connectivity index (χ0v) is 13.8. The Morgan fingerprint density at radius 3 is 2.70 bits per heavy atom. The molecule has 1 aromatic heterocycles. The molecule has 0 N–H and O–H groups in total. The predicted octanol–water partition coefficient (Wildman–Crippen LogP) is 4.05. The molecule has 1 fully saturated rings. The van der Waals surface area contributed by atoms with Crippen LogP contribution in [0, 0.1) is 13.8 Å². The minimum Gasteiger partial charge on any atom is -0.375 e. The topological polar surface area (TPSA) is 31.2 Å². The lowest BCUT2D eigenvalue weighted by molar-refractivity contribution is -0.0694. The number of Topliss-reactive ketones (excluding diaryl/α,β-unsaturated/α-hetero) is 1. The highest BCUT2D eigenvalue weighted by Crippen LogP contribution is 2.35. The molecule has 3 nitrogen and oxygen atoms in total. The molecule has 4 heteroatoms. The highest BCUT2D eigenvalue weighted by Gasteiger charge is 2.32. The Hall–Kier alpha value is -0.800. The molecule has 20 heavy (non-hydrogen) atoms. The summed E-state index contributed by atoms with van der Waals surface area (Å²) in [7, 11) is 0. The van der Waals surface area contributed by atoms with E-state index in [4.69, 9.17) is 16.3 Å². The van der Waals surface area contributed by atoms with Crippen LogP contribution >= 0.6 is 11.6 Å². The number of aromatic nitrogens is 1. The van der Waals surface area contributed by atoms with Crippen LogP contribution in [0.4, 0.5) is 0 Å². The van der Waals surface area contributed by atoms with Gasteiger partial charge in [0.15, 0.2) is 5.78 Å². The van der Waals surface area contributed by atoms with E-state index < -0.39 is 5.38 Å². The van der Waals surface area contributed by atoms with Gasteiger partial charge in [-0.2, -0.15) is 0 Å². The fourth-order valence-electron chi connectivity index (χ4n) is 3.22. The second-order valence-corrected chi connectivity index (χ2v) is 7.04. The molecule has 2 heterocycles. The molecule has 1 aliphatic heterocycles. The van der Waals surface area contributed by atoms with Gasteiger partial charge in [0.2, 0.25) is 0 Å². The Labute approximate surface area is 126 Å². The fourth-order valence-corrected chi connectivity index (χ4v) is 3.34. The molecule has 2 rings (SSSR count). The SMILES string of the molecule is Cc1cc(C(=O)C(C)Cl)c(C)n1C1CCOC(C)(C)C1. The van der Waals surface area contributed by atoms with Crippen LogP contribution in [0.2, 0.25) is 0 Å². The van der Waals surface area contributed by atoms with Crippen LogP contribution in [0.1, 0.15) is 61.4 Å². The van der Waals surface area contributed by atoms with E-state index in [1.165, 1.54) is 0 Å². The number of halogens is 1. The first-order valence-corrected chi connectivity index (χ1v) is 7.67. The molecule has 0 amide bonds. The van der Waals surface area contributed by atoms with E-state index in [1.807, 2.05) is 13.0 Å². The summed E-state index contributed by atoms with van der Waals surface area (Å²) in [5.74, 6) is 0.0114. The summed E-state index contributed by atoms with van der Waals surface area (Å²) in [5.41, 5.74) is 2.82. The summed E-state index contributed by atoms with van der Waals surface area (Å²) in [6.07, 6.45) is 1.96. The molecule has 0 aliphatic carbocycles. The third-order valence-corrected chi connectivity index (χ3v) is 4.35. The largest absolute Gasteiger partial charge is 0.375 e. The maximum atomic E-state index is 12.2. The highest BCUT2D eigenvalue weighted by molar-refractivity contribution is 6.33. The number of hydrogen-bond acceptors (Lipinski definition) is 2. The minimum atomic E-state index is -0.477. The fraction of sp³-hybridized carbons (Fsp3) is 0.688. The number of carbonyl (C=O) groups excluding carboxylic acids is 1. The standard InChI is InChI=1S/C16H24ClNO2/c1-10-8-14(15(19)11(2)17)12(3)18(10)13-6-7-20-16(4,5)9-13/h8,11,13H,6-7,9H2,1-5H3. The van der Waals surface area contributed by atoms with Crippen molar-refractivity contribution in [2.45, 2.75) is 64.5 Å². The number of carbonyl (C=O) groups is 1. The normalized spacial score (nSPS) is 23.6. The Balaban J connectivity index is 2.36. The molecule has 2 atom stereocenters. The number of nitrogens with zero attached hydrogens (tertiary/aromatic N) is 1. The molecule has 0 radical (unpaired) electrons. The maximum Gasteiger partial charge on any atom is 0.182 e. The van der Waals surface area contributed by atoms with Crippen molar-refractivity contribution in [1.29, 1.82) is 0 Å². The number of aryl methyl sites for hydroxylation is 1. The summed E-state index contributed by atoms with van der Waals surface area (Å²) in [4.78, 5) is 12.2. The molecule has 1 saturated heterocycles. The van der Waals surface area contributed by atoms with Gasteiger partial charge >= 0.3 is 0 Å². The Morgan fingerprint density at radius 2 is 2.15 bits per heavy atom. The Kier molecular flexibility index (Phi) is 4.31. The first kappa shape index (κ1) is 15.6. The number of hydrogen-bond donors (Lipinski definition) is 0. The average molecular weight is 298 g/mol. The van der Waals surface area contributed by atoms with E-state index in [9.17, 15) is 4.79 Å². The van der Waals surface area contributed by atoms with Crippen LogP contribution in [-0.4, -0.2) is 27.9 Å². The van der Waals surface area contributed by atoms with Gasteiger partial charge in [-0.05, 0) is 53.5 Å². The van der Waals surface area contributed by atoms with Crippen molar-refractivity contribution in [2.75, 3.05) is 6.61 Å². The van der Waals surface area contributed by atoms with Crippen LogP contribution in [-0.2, 0) is 4.74 Å². The van der Waals surface area contributed by atoms with Crippen molar-refractivity contribution in [2.24, 2.45) is 0 Å². The molecule has 1 aliphatic rings. The van der Waals surface area contributed by atoms with Crippen molar-refractivity contribution in [3.63, 3.8) is 0 Å². The predicted molar refractivity (Wildman–Crippen MR) is 81.9 cm³/mol. The van der Waals surface area contributed by atoms with Gasteiger partial charge < -0.3 is 9.30 Å².